The van der Waals surface area contributed by atoms with Crippen molar-refractivity contribution in [1.82, 2.24) is 5.32 Å². The molecule has 2 N–H and O–H groups in total. The van der Waals surface area contributed by atoms with Crippen LogP contribution in [-0.4, -0.2) is 71.6 Å². The predicted octanol–water partition coefficient (Wildman–Crippen LogP) is 0.946. The van der Waals surface area contributed by atoms with Crippen molar-refractivity contribution in [2.45, 2.75) is 56.3 Å². The largest absolute Gasteiger partial charge is 0.463 e. The summed E-state index contributed by atoms with van der Waals surface area (Å²) in [5.74, 6) is -2.66. The van der Waals surface area contributed by atoms with E-state index in [-0.39, 0.29) is 13.0 Å². The summed E-state index contributed by atoms with van der Waals surface area (Å²) in [6, 6.07) is 17.3. The first-order valence-electron chi connectivity index (χ1n) is 11.5. The van der Waals surface area contributed by atoms with Crippen LogP contribution in [0.1, 0.15) is 29.8 Å². The van der Waals surface area contributed by atoms with Gasteiger partial charge in [0.15, 0.2) is 17.7 Å². The van der Waals surface area contributed by atoms with Gasteiger partial charge in [-0.15, -0.1) is 0 Å². The number of nitrogens with one attached hydrogen (secondary N) is 1. The molecule has 2 aliphatic heterocycles. The third kappa shape index (κ3) is 5.09. The highest BCUT2D eigenvalue weighted by atomic mass is 16.6. The number of carbonyl (C=O) groups is 4. The number of aliphatic hydroxyl groups excluding tert-OH is 1. The second-order valence-electron chi connectivity index (χ2n) is 8.79. The smallest absolute Gasteiger partial charge is 0.335 e. The van der Waals surface area contributed by atoms with Crippen LogP contribution < -0.4 is 5.32 Å². The van der Waals surface area contributed by atoms with Crippen LogP contribution in [0.4, 0.5) is 0 Å². The van der Waals surface area contributed by atoms with E-state index in [0.29, 0.717) is 11.1 Å². The summed E-state index contributed by atoms with van der Waals surface area (Å²) >= 11 is 0. The van der Waals surface area contributed by atoms with E-state index in [9.17, 15) is 24.3 Å². The number of esters is 3. The standard InChI is InChI=1S/C26H27NO9/c1-15(28)33-14-19-21(34-16(2)29)20(30)22-23(35-19)26(25(32)36-22,13-17-9-5-3-6-10-17)27-24(31)18-11-7-4-8-12-18/h3-12,19-23,30H,13-14H2,1-2H3,(H,27,31)/t19-,20+,21-,22+,23+,26+/m1/s1. The Bertz CT molecular complexity index is 1120. The molecule has 2 fully saturated rings. The van der Waals surface area contributed by atoms with Crippen molar-refractivity contribution in [3.8, 4) is 0 Å². The number of aliphatic hydroxyl groups is 1. The minimum absolute atomic E-state index is 0.00233. The maximum atomic E-state index is 13.5. The zero-order valence-corrected chi connectivity index (χ0v) is 19.8. The first-order chi connectivity index (χ1) is 17.2. The first kappa shape index (κ1) is 25.3. The van der Waals surface area contributed by atoms with E-state index in [1.165, 1.54) is 6.92 Å². The van der Waals surface area contributed by atoms with Gasteiger partial charge in [-0.25, -0.2) is 4.79 Å². The van der Waals surface area contributed by atoms with Gasteiger partial charge in [0.1, 0.15) is 24.9 Å². The molecule has 2 aromatic rings. The van der Waals surface area contributed by atoms with Crippen molar-refractivity contribution >= 4 is 23.8 Å². The van der Waals surface area contributed by atoms with Gasteiger partial charge in [0.2, 0.25) is 0 Å². The van der Waals surface area contributed by atoms with E-state index in [1.54, 1.807) is 54.6 Å². The lowest BCUT2D eigenvalue weighted by molar-refractivity contribution is -0.234. The monoisotopic (exact) mass is 497 g/mol. The maximum Gasteiger partial charge on any atom is 0.335 e. The van der Waals surface area contributed by atoms with Crippen molar-refractivity contribution in [2.75, 3.05) is 6.61 Å². The summed E-state index contributed by atoms with van der Waals surface area (Å²) in [6.07, 6.45) is -6.32. The Morgan fingerprint density at radius 2 is 1.64 bits per heavy atom. The molecule has 2 aromatic carbocycles. The molecule has 2 aliphatic rings. The lowest BCUT2D eigenvalue weighted by Gasteiger charge is -2.43. The molecule has 0 saturated carbocycles. The molecule has 0 bridgehead atoms. The second kappa shape index (κ2) is 10.5. The zero-order chi connectivity index (χ0) is 25.9. The van der Waals surface area contributed by atoms with Crippen molar-refractivity contribution in [3.63, 3.8) is 0 Å². The SMILES string of the molecule is CC(=O)OC[C@H]1O[C@H]2[C@@H](OC(=O)[C@@]2(Cc2ccccc2)NC(=O)c2ccccc2)[C@@H](O)[C@@H]1OC(C)=O. The second-order valence-corrected chi connectivity index (χ2v) is 8.79. The first-order valence-corrected chi connectivity index (χ1v) is 11.5. The van der Waals surface area contributed by atoms with Gasteiger partial charge in [-0.3, -0.25) is 14.4 Å². The molecule has 36 heavy (non-hydrogen) atoms. The Labute approximate surface area is 207 Å². The van der Waals surface area contributed by atoms with Crippen LogP contribution in [-0.2, 0) is 39.8 Å². The highest BCUT2D eigenvalue weighted by molar-refractivity contribution is 5.99. The highest BCUT2D eigenvalue weighted by Crippen LogP contribution is 2.40. The van der Waals surface area contributed by atoms with Gasteiger partial charge < -0.3 is 29.4 Å². The molecule has 0 radical (unpaired) electrons. The molecular formula is C26H27NO9. The Morgan fingerprint density at radius 3 is 2.25 bits per heavy atom. The fourth-order valence-corrected chi connectivity index (χ4v) is 4.59. The fourth-order valence-electron chi connectivity index (χ4n) is 4.59. The normalized spacial score (nSPS) is 29.0. The molecule has 10 heteroatoms. The average molecular weight is 498 g/mol. The molecule has 0 aromatic heterocycles. The number of ether oxygens (including phenoxy) is 4. The molecule has 0 aliphatic carbocycles. The van der Waals surface area contributed by atoms with Crippen LogP contribution in [0.5, 0.6) is 0 Å². The van der Waals surface area contributed by atoms with Crippen LogP contribution in [0, 0.1) is 0 Å². The number of benzene rings is 2. The molecule has 6 atom stereocenters. The number of hydrogen-bond donors (Lipinski definition) is 2. The molecule has 1 amide bonds. The van der Waals surface area contributed by atoms with Gasteiger partial charge in [-0.2, -0.15) is 0 Å². The molecular weight excluding hydrogens is 470 g/mol. The number of rotatable bonds is 7. The van der Waals surface area contributed by atoms with Gasteiger partial charge in [0.05, 0.1) is 0 Å². The summed E-state index contributed by atoms with van der Waals surface area (Å²) in [5, 5.41) is 13.9. The van der Waals surface area contributed by atoms with Crippen LogP contribution in [0.3, 0.4) is 0 Å². The quantitative estimate of drug-likeness (QED) is 0.423. The molecule has 0 spiro atoms. The van der Waals surface area contributed by atoms with E-state index < -0.39 is 59.9 Å². The van der Waals surface area contributed by atoms with Crippen molar-refractivity contribution in [2.24, 2.45) is 0 Å². The van der Waals surface area contributed by atoms with E-state index in [1.807, 2.05) is 6.07 Å². The summed E-state index contributed by atoms with van der Waals surface area (Å²) < 4.78 is 22.0. The molecule has 2 heterocycles. The molecule has 0 unspecified atom stereocenters. The molecule has 4 rings (SSSR count). The number of fused-ring (bicyclic) bond motifs is 1. The van der Waals surface area contributed by atoms with E-state index in [2.05, 4.69) is 5.32 Å². The summed E-state index contributed by atoms with van der Waals surface area (Å²) in [7, 11) is 0. The van der Waals surface area contributed by atoms with Crippen molar-refractivity contribution in [1.29, 1.82) is 0 Å². The van der Waals surface area contributed by atoms with Gasteiger partial charge in [0, 0.05) is 25.8 Å². The van der Waals surface area contributed by atoms with E-state index in [4.69, 9.17) is 18.9 Å². The van der Waals surface area contributed by atoms with E-state index >= 15 is 0 Å². The van der Waals surface area contributed by atoms with Gasteiger partial charge in [-0.1, -0.05) is 48.5 Å². The fraction of sp³-hybridized carbons (Fsp3) is 0.385. The third-order valence-electron chi connectivity index (χ3n) is 6.20. The Balaban J connectivity index is 1.73. The lowest BCUT2D eigenvalue weighted by atomic mass is 9.80. The maximum absolute atomic E-state index is 13.5. The van der Waals surface area contributed by atoms with Crippen molar-refractivity contribution in [3.05, 3.63) is 71.8 Å². The Hall–Kier alpha value is -3.76. The molecule has 10 nitrogen and oxygen atoms in total. The van der Waals surface area contributed by atoms with E-state index in [0.717, 1.165) is 6.92 Å². The summed E-state index contributed by atoms with van der Waals surface area (Å²) in [4.78, 5) is 49.9. The van der Waals surface area contributed by atoms with Crippen LogP contribution >= 0.6 is 0 Å². The number of amides is 1. The topological polar surface area (TPSA) is 137 Å². The number of carbonyl (C=O) groups excluding carboxylic acids is 4. The van der Waals surface area contributed by atoms with Gasteiger partial charge in [0.25, 0.3) is 5.91 Å². The van der Waals surface area contributed by atoms with Gasteiger partial charge >= 0.3 is 17.9 Å². The number of hydrogen-bond acceptors (Lipinski definition) is 9. The van der Waals surface area contributed by atoms with Crippen LogP contribution in [0.2, 0.25) is 0 Å². The minimum Gasteiger partial charge on any atom is -0.463 e. The van der Waals surface area contributed by atoms with Crippen LogP contribution in [0.25, 0.3) is 0 Å². The average Bonchev–Trinajstić information content (AvgIpc) is 3.11. The minimum atomic E-state index is -1.73. The summed E-state index contributed by atoms with van der Waals surface area (Å²) in [5.41, 5.74) is -0.706. The molecule has 190 valence electrons. The van der Waals surface area contributed by atoms with Gasteiger partial charge in [-0.05, 0) is 17.7 Å². The molecule has 2 saturated heterocycles. The summed E-state index contributed by atoms with van der Waals surface area (Å²) in [6.45, 7) is 2.00. The van der Waals surface area contributed by atoms with Crippen molar-refractivity contribution < 1.29 is 43.2 Å². The Kier molecular flexibility index (Phi) is 7.37. The third-order valence-corrected chi connectivity index (χ3v) is 6.20. The zero-order valence-electron chi connectivity index (χ0n) is 19.8. The predicted molar refractivity (Wildman–Crippen MR) is 124 cm³/mol. The Morgan fingerprint density at radius 1 is 1.00 bits per heavy atom. The van der Waals surface area contributed by atoms with Crippen LogP contribution in [0.15, 0.2) is 60.7 Å². The lowest BCUT2D eigenvalue weighted by Crippen LogP contribution is -2.68. The highest BCUT2D eigenvalue weighted by Gasteiger charge is 2.66.